The highest BCUT2D eigenvalue weighted by molar-refractivity contribution is 8.03. The van der Waals surface area contributed by atoms with Crippen molar-refractivity contribution < 1.29 is 4.57 Å². The number of aryl methyl sites for hydroxylation is 2. The predicted molar refractivity (Wildman–Crippen MR) is 164 cm³/mol. The summed E-state index contributed by atoms with van der Waals surface area (Å²) in [6, 6.07) is 13.0. The average molecular weight is 548 g/mol. The predicted octanol–water partition coefficient (Wildman–Crippen LogP) is 9.72. The van der Waals surface area contributed by atoms with Crippen LogP contribution >= 0.6 is 34.7 Å². The van der Waals surface area contributed by atoms with E-state index < -0.39 is 0 Å². The summed E-state index contributed by atoms with van der Waals surface area (Å²) in [4.78, 5) is 3.68. The third-order valence-electron chi connectivity index (χ3n) is 6.94. The number of allylic oxidation sites excluding steroid dienone is 6. The highest BCUT2D eigenvalue weighted by Crippen LogP contribution is 2.47. The molecule has 0 bridgehead atoms. The number of thiazole rings is 1. The zero-order valence-electron chi connectivity index (χ0n) is 22.5. The van der Waals surface area contributed by atoms with Gasteiger partial charge in [-0.1, -0.05) is 79.8 Å². The highest BCUT2D eigenvalue weighted by Gasteiger charge is 2.27. The Labute approximate surface area is 235 Å². The van der Waals surface area contributed by atoms with Crippen molar-refractivity contribution in [3.63, 3.8) is 0 Å². The molecule has 3 aromatic rings. The Balaban J connectivity index is 1.44. The monoisotopic (exact) mass is 547 g/mol. The number of rotatable bonds is 6. The van der Waals surface area contributed by atoms with Crippen molar-refractivity contribution in [3.05, 3.63) is 92.5 Å². The SMILES string of the molecule is CCCN1/C(=C/C=C/C2=CC(=Cc3sc4cc(C)ccc4[n+]3CC)CC(C)(C)C2)Sc2ccc(Cl)cc21. The van der Waals surface area contributed by atoms with Crippen LogP contribution in [-0.2, 0) is 6.54 Å². The van der Waals surface area contributed by atoms with Gasteiger partial charge in [-0.05, 0) is 85.6 Å². The molecule has 5 rings (SSSR count). The first-order chi connectivity index (χ1) is 17.8. The van der Waals surface area contributed by atoms with Crippen LogP contribution in [0.25, 0.3) is 16.3 Å². The molecular weight excluding hydrogens is 512 g/mol. The Bertz CT molecular complexity index is 1450. The fourth-order valence-electron chi connectivity index (χ4n) is 5.42. The quantitative estimate of drug-likeness (QED) is 0.283. The van der Waals surface area contributed by atoms with E-state index in [2.05, 4.69) is 105 Å². The number of aromatic nitrogens is 1. The summed E-state index contributed by atoms with van der Waals surface area (Å²) in [5.74, 6) is 0. The number of halogens is 1. The molecule has 2 nitrogen and oxygen atoms in total. The van der Waals surface area contributed by atoms with E-state index in [0.29, 0.717) is 0 Å². The number of thioether (sulfide) groups is 1. The molecule has 0 amide bonds. The molecule has 0 spiro atoms. The molecule has 1 aliphatic carbocycles. The van der Waals surface area contributed by atoms with Gasteiger partial charge in [0.1, 0.15) is 11.2 Å². The first-order valence-corrected chi connectivity index (χ1v) is 15.2. The summed E-state index contributed by atoms with van der Waals surface area (Å²) in [6.07, 6.45) is 14.9. The van der Waals surface area contributed by atoms with E-state index in [0.717, 1.165) is 37.4 Å². The third-order valence-corrected chi connectivity index (χ3v) is 9.40. The smallest absolute Gasteiger partial charge is 0.263 e. The number of anilines is 1. The van der Waals surface area contributed by atoms with Gasteiger partial charge < -0.3 is 4.90 Å². The second-order valence-electron chi connectivity index (χ2n) is 10.8. The fraction of sp³-hybridized carbons (Fsp3) is 0.344. The van der Waals surface area contributed by atoms with Gasteiger partial charge in [-0.15, -0.1) is 0 Å². The Morgan fingerprint density at radius 3 is 2.73 bits per heavy atom. The maximum absolute atomic E-state index is 6.31. The molecule has 0 atom stereocenters. The van der Waals surface area contributed by atoms with Crippen LogP contribution in [0.2, 0.25) is 5.02 Å². The molecule has 2 heterocycles. The van der Waals surface area contributed by atoms with E-state index in [-0.39, 0.29) is 5.41 Å². The minimum Gasteiger partial charge on any atom is -0.335 e. The van der Waals surface area contributed by atoms with Crippen LogP contribution in [0.15, 0.2) is 81.8 Å². The van der Waals surface area contributed by atoms with Gasteiger partial charge in [0.2, 0.25) is 5.52 Å². The van der Waals surface area contributed by atoms with Gasteiger partial charge >= 0.3 is 0 Å². The van der Waals surface area contributed by atoms with Crippen molar-refractivity contribution in [2.24, 2.45) is 5.41 Å². The lowest BCUT2D eigenvalue weighted by Crippen LogP contribution is -2.33. The maximum atomic E-state index is 6.31. The van der Waals surface area contributed by atoms with E-state index >= 15 is 0 Å². The summed E-state index contributed by atoms with van der Waals surface area (Å²) in [5, 5.41) is 3.40. The molecule has 1 aliphatic heterocycles. The zero-order valence-corrected chi connectivity index (χ0v) is 24.9. The standard InChI is InChI=1S/C32H36ClN2S2/c1-6-15-35-27-19-25(33)12-14-28(27)36-30(35)10-8-9-23-17-24(21-32(4,5)20-23)18-31-34(7-2)26-13-11-22(3)16-29(26)37-31/h8-14,16-19H,6-7,15,20-21H2,1-5H3/q+1. The normalized spacial score (nSPS) is 19.4. The molecule has 2 aromatic carbocycles. The first kappa shape index (κ1) is 26.3. The molecular formula is C32H36ClN2S2+. The maximum Gasteiger partial charge on any atom is 0.263 e. The topological polar surface area (TPSA) is 7.12 Å². The van der Waals surface area contributed by atoms with Crippen LogP contribution in [0.1, 0.15) is 57.5 Å². The van der Waals surface area contributed by atoms with Gasteiger partial charge in [-0.2, -0.15) is 4.57 Å². The Morgan fingerprint density at radius 1 is 1.11 bits per heavy atom. The van der Waals surface area contributed by atoms with Gasteiger partial charge in [-0.3, -0.25) is 0 Å². The molecule has 0 N–H and O–H groups in total. The van der Waals surface area contributed by atoms with Crippen LogP contribution in [0.4, 0.5) is 5.69 Å². The number of benzene rings is 2. The van der Waals surface area contributed by atoms with Crippen LogP contribution in [0.5, 0.6) is 0 Å². The molecule has 0 unspecified atom stereocenters. The van der Waals surface area contributed by atoms with Crippen molar-refractivity contribution in [1.29, 1.82) is 0 Å². The van der Waals surface area contributed by atoms with Gasteiger partial charge in [0.25, 0.3) is 5.01 Å². The first-order valence-electron chi connectivity index (χ1n) is 13.2. The van der Waals surface area contributed by atoms with E-state index in [1.807, 2.05) is 29.2 Å². The summed E-state index contributed by atoms with van der Waals surface area (Å²) >= 11 is 10.0. The molecule has 1 aromatic heterocycles. The molecule has 0 saturated heterocycles. The molecule has 0 saturated carbocycles. The van der Waals surface area contributed by atoms with E-state index in [1.165, 1.54) is 47.5 Å². The van der Waals surface area contributed by atoms with Crippen molar-refractivity contribution >= 4 is 56.7 Å². The van der Waals surface area contributed by atoms with Crippen molar-refractivity contribution in [2.45, 2.75) is 65.3 Å². The van der Waals surface area contributed by atoms with Crippen LogP contribution in [0.3, 0.4) is 0 Å². The lowest BCUT2D eigenvalue weighted by molar-refractivity contribution is -0.665. The summed E-state index contributed by atoms with van der Waals surface area (Å²) in [6.45, 7) is 13.4. The molecule has 192 valence electrons. The van der Waals surface area contributed by atoms with Crippen molar-refractivity contribution in [2.75, 3.05) is 11.4 Å². The Morgan fingerprint density at radius 2 is 1.95 bits per heavy atom. The molecule has 5 heteroatoms. The third kappa shape index (κ3) is 5.77. The van der Waals surface area contributed by atoms with E-state index in [9.17, 15) is 0 Å². The summed E-state index contributed by atoms with van der Waals surface area (Å²) < 4.78 is 3.82. The van der Waals surface area contributed by atoms with Crippen LogP contribution < -0.4 is 9.47 Å². The van der Waals surface area contributed by atoms with Crippen molar-refractivity contribution in [3.8, 4) is 0 Å². The number of hydrogen-bond acceptors (Lipinski definition) is 3. The molecule has 0 radical (unpaired) electrons. The zero-order chi connectivity index (χ0) is 26.2. The second-order valence-corrected chi connectivity index (χ2v) is 13.4. The van der Waals surface area contributed by atoms with Gasteiger partial charge in [0.05, 0.1) is 10.7 Å². The minimum absolute atomic E-state index is 0.237. The molecule has 0 fully saturated rings. The number of fused-ring (bicyclic) bond motifs is 2. The fourth-order valence-corrected chi connectivity index (χ4v) is 7.97. The van der Waals surface area contributed by atoms with Crippen molar-refractivity contribution in [1.82, 2.24) is 0 Å². The number of hydrogen-bond donors (Lipinski definition) is 0. The van der Waals surface area contributed by atoms with Crippen LogP contribution in [-0.4, -0.2) is 6.54 Å². The summed E-state index contributed by atoms with van der Waals surface area (Å²) in [7, 11) is 0. The van der Waals surface area contributed by atoms with E-state index in [4.69, 9.17) is 11.6 Å². The lowest BCUT2D eigenvalue weighted by atomic mass is 9.75. The average Bonchev–Trinajstić information content (AvgIpc) is 3.34. The lowest BCUT2D eigenvalue weighted by Gasteiger charge is -2.30. The Kier molecular flexibility index (Phi) is 7.72. The molecule has 37 heavy (non-hydrogen) atoms. The summed E-state index contributed by atoms with van der Waals surface area (Å²) in [5.41, 5.74) is 6.93. The highest BCUT2D eigenvalue weighted by atomic mass is 35.5. The molecule has 2 aliphatic rings. The Hall–Kier alpha value is -2.27. The van der Waals surface area contributed by atoms with Gasteiger partial charge in [-0.25, -0.2) is 0 Å². The van der Waals surface area contributed by atoms with Crippen LogP contribution in [0, 0.1) is 12.3 Å². The largest absolute Gasteiger partial charge is 0.335 e. The van der Waals surface area contributed by atoms with Gasteiger partial charge in [0, 0.05) is 28.6 Å². The second kappa shape index (κ2) is 10.8. The minimum atomic E-state index is 0.237. The number of nitrogens with zero attached hydrogens (tertiary/aromatic N) is 2. The van der Waals surface area contributed by atoms with E-state index in [1.54, 1.807) is 0 Å². The van der Waals surface area contributed by atoms with Gasteiger partial charge in [0.15, 0.2) is 0 Å².